The Kier molecular flexibility index (Phi) is 3.92. The third kappa shape index (κ3) is 3.01. The first-order valence-corrected chi connectivity index (χ1v) is 7.53. The smallest absolute Gasteiger partial charge is 0.213 e. The molecule has 1 saturated carbocycles. The molecule has 13 heavy (non-hydrogen) atoms. The van der Waals surface area contributed by atoms with E-state index in [4.69, 9.17) is 11.6 Å². The molecular formula is C7H14ClNO2S2. The number of rotatable bonds is 5. The largest absolute Gasteiger partial charge is 0.225 e. The Bertz CT molecular complexity index is 256. The summed E-state index contributed by atoms with van der Waals surface area (Å²) in [7, 11) is -3.24. The number of sulfonamides is 1. The highest BCUT2D eigenvalue weighted by Gasteiger charge is 2.36. The first kappa shape index (κ1) is 11.6. The average Bonchev–Trinajstić information content (AvgIpc) is 2.03. The van der Waals surface area contributed by atoms with Crippen LogP contribution in [0.3, 0.4) is 0 Å². The van der Waals surface area contributed by atoms with Crippen LogP contribution in [0.4, 0.5) is 0 Å². The average molecular weight is 244 g/mol. The van der Waals surface area contributed by atoms with Crippen LogP contribution < -0.4 is 4.72 Å². The maximum atomic E-state index is 11.0. The molecule has 0 aromatic carbocycles. The normalized spacial score (nSPS) is 21.1. The van der Waals surface area contributed by atoms with Crippen molar-refractivity contribution >= 4 is 33.4 Å². The van der Waals surface area contributed by atoms with Gasteiger partial charge >= 0.3 is 0 Å². The fraction of sp³-hybridized carbons (Fsp3) is 1.00. The molecule has 3 nitrogen and oxygen atoms in total. The second-order valence-electron chi connectivity index (χ2n) is 3.29. The quantitative estimate of drug-likeness (QED) is 0.743. The molecule has 1 aliphatic carbocycles. The van der Waals surface area contributed by atoms with Crippen LogP contribution in [0.2, 0.25) is 0 Å². The van der Waals surface area contributed by atoms with Crippen LogP contribution in [0, 0.1) is 0 Å². The highest BCUT2D eigenvalue weighted by atomic mass is 35.5. The van der Waals surface area contributed by atoms with E-state index >= 15 is 0 Å². The fourth-order valence-corrected chi connectivity index (χ4v) is 3.11. The maximum absolute atomic E-state index is 11.0. The number of nitrogens with one attached hydrogen (secondary N) is 1. The van der Waals surface area contributed by atoms with Crippen molar-refractivity contribution in [3.8, 4) is 0 Å². The number of halogens is 1. The van der Waals surface area contributed by atoms with Crippen LogP contribution in [0.5, 0.6) is 0 Å². The molecule has 0 aromatic heterocycles. The van der Waals surface area contributed by atoms with E-state index in [1.54, 1.807) is 11.8 Å². The van der Waals surface area contributed by atoms with Gasteiger partial charge < -0.3 is 0 Å². The second kappa shape index (κ2) is 4.38. The molecule has 6 heteroatoms. The Hall–Kier alpha value is 0.550. The SMILES string of the molecule is CSC1(CNS(=O)(=O)CCl)CCC1. The Morgan fingerprint density at radius 1 is 1.54 bits per heavy atom. The van der Waals surface area contributed by atoms with Crippen molar-refractivity contribution in [2.24, 2.45) is 0 Å². The van der Waals surface area contributed by atoms with E-state index in [2.05, 4.69) is 4.72 Å². The van der Waals surface area contributed by atoms with Crippen LogP contribution in [0.25, 0.3) is 0 Å². The van der Waals surface area contributed by atoms with Gasteiger partial charge in [-0.3, -0.25) is 0 Å². The molecular weight excluding hydrogens is 230 g/mol. The predicted molar refractivity (Wildman–Crippen MR) is 57.7 cm³/mol. The van der Waals surface area contributed by atoms with Crippen molar-refractivity contribution in [3.05, 3.63) is 0 Å². The molecule has 0 bridgehead atoms. The third-order valence-corrected chi connectivity index (χ3v) is 5.61. The van der Waals surface area contributed by atoms with Gasteiger partial charge in [0.05, 0.1) is 0 Å². The topological polar surface area (TPSA) is 46.2 Å². The first-order chi connectivity index (χ1) is 6.04. The molecule has 0 atom stereocenters. The molecule has 1 aliphatic rings. The highest BCUT2D eigenvalue weighted by molar-refractivity contribution is 8.00. The molecule has 0 radical (unpaired) electrons. The zero-order valence-corrected chi connectivity index (χ0v) is 9.94. The molecule has 0 spiro atoms. The van der Waals surface area contributed by atoms with E-state index in [0.29, 0.717) is 6.54 Å². The number of thioether (sulfide) groups is 1. The summed E-state index contributed by atoms with van der Waals surface area (Å²) in [5.74, 6) is 0. The van der Waals surface area contributed by atoms with E-state index in [1.165, 1.54) is 6.42 Å². The van der Waals surface area contributed by atoms with Crippen LogP contribution in [0.15, 0.2) is 0 Å². The van der Waals surface area contributed by atoms with E-state index in [0.717, 1.165) is 12.8 Å². The summed E-state index contributed by atoms with van der Waals surface area (Å²) in [6.45, 7) is 0.517. The minimum Gasteiger partial charge on any atom is -0.213 e. The number of hydrogen-bond acceptors (Lipinski definition) is 3. The molecule has 1 N–H and O–H groups in total. The second-order valence-corrected chi connectivity index (χ2v) is 6.95. The first-order valence-electron chi connectivity index (χ1n) is 4.12. The summed E-state index contributed by atoms with van der Waals surface area (Å²) in [5, 5.41) is -0.350. The number of hydrogen-bond donors (Lipinski definition) is 1. The van der Waals surface area contributed by atoms with Gasteiger partial charge in [0.2, 0.25) is 10.0 Å². The van der Waals surface area contributed by atoms with E-state index in [-0.39, 0.29) is 9.96 Å². The van der Waals surface area contributed by atoms with Crippen molar-refractivity contribution < 1.29 is 8.42 Å². The fourth-order valence-electron chi connectivity index (χ4n) is 1.30. The summed E-state index contributed by atoms with van der Waals surface area (Å²) < 4.78 is 24.8. The van der Waals surface area contributed by atoms with Gasteiger partial charge in [-0.05, 0) is 19.1 Å². The molecule has 1 fully saturated rings. The van der Waals surface area contributed by atoms with Crippen molar-refractivity contribution in [3.63, 3.8) is 0 Å². The maximum Gasteiger partial charge on any atom is 0.225 e. The summed E-state index contributed by atoms with van der Waals surface area (Å²) in [6.07, 6.45) is 5.41. The van der Waals surface area contributed by atoms with Crippen molar-refractivity contribution in [1.82, 2.24) is 4.72 Å². The molecule has 0 amide bonds. The summed E-state index contributed by atoms with van der Waals surface area (Å²) in [6, 6.07) is 0. The summed E-state index contributed by atoms with van der Waals surface area (Å²) >= 11 is 7.01. The zero-order valence-electron chi connectivity index (χ0n) is 7.55. The predicted octanol–water partition coefficient (Wildman–Crippen LogP) is 1.39. The molecule has 0 saturated heterocycles. The zero-order chi connectivity index (χ0) is 9.95. The lowest BCUT2D eigenvalue weighted by atomic mass is 9.84. The Morgan fingerprint density at radius 2 is 2.15 bits per heavy atom. The Morgan fingerprint density at radius 3 is 2.46 bits per heavy atom. The Balaban J connectivity index is 2.41. The molecule has 0 aliphatic heterocycles. The molecule has 78 valence electrons. The van der Waals surface area contributed by atoms with Gasteiger partial charge in [0, 0.05) is 11.3 Å². The van der Waals surface area contributed by atoms with Gasteiger partial charge in [-0.2, -0.15) is 11.8 Å². The molecule has 1 rings (SSSR count). The summed E-state index contributed by atoms with van der Waals surface area (Å²) in [4.78, 5) is 0. The highest BCUT2D eigenvalue weighted by Crippen LogP contribution is 2.42. The van der Waals surface area contributed by atoms with Crippen LogP contribution in [0.1, 0.15) is 19.3 Å². The van der Waals surface area contributed by atoms with Gasteiger partial charge in [-0.1, -0.05) is 6.42 Å². The lowest BCUT2D eigenvalue weighted by Gasteiger charge is -2.40. The van der Waals surface area contributed by atoms with Crippen LogP contribution in [-0.4, -0.2) is 31.2 Å². The van der Waals surface area contributed by atoms with Gasteiger partial charge in [-0.15, -0.1) is 11.6 Å². The summed E-state index contributed by atoms with van der Waals surface area (Å²) in [5.41, 5.74) is 0. The van der Waals surface area contributed by atoms with E-state index in [9.17, 15) is 8.42 Å². The molecule has 0 unspecified atom stereocenters. The van der Waals surface area contributed by atoms with Gasteiger partial charge in [0.25, 0.3) is 0 Å². The van der Waals surface area contributed by atoms with Crippen molar-refractivity contribution in [1.29, 1.82) is 0 Å². The molecule has 0 heterocycles. The van der Waals surface area contributed by atoms with Gasteiger partial charge in [0.1, 0.15) is 5.21 Å². The van der Waals surface area contributed by atoms with Crippen molar-refractivity contribution in [2.45, 2.75) is 24.0 Å². The monoisotopic (exact) mass is 243 g/mol. The standard InChI is InChI=1S/C7H14ClNO2S2/c1-12-7(3-2-4-7)5-9-13(10,11)6-8/h9H,2-6H2,1H3. The Labute approximate surface area is 88.7 Å². The lowest BCUT2D eigenvalue weighted by molar-refractivity contribution is 0.362. The minimum absolute atomic E-state index is 0.138. The van der Waals surface area contributed by atoms with E-state index in [1.807, 2.05) is 6.26 Å². The van der Waals surface area contributed by atoms with Crippen molar-refractivity contribution in [2.75, 3.05) is 18.0 Å². The van der Waals surface area contributed by atoms with Crippen LogP contribution >= 0.6 is 23.4 Å². The van der Waals surface area contributed by atoms with Gasteiger partial charge in [0.15, 0.2) is 0 Å². The lowest BCUT2D eigenvalue weighted by Crippen LogP contribution is -2.45. The van der Waals surface area contributed by atoms with E-state index < -0.39 is 10.0 Å². The molecule has 0 aromatic rings. The third-order valence-electron chi connectivity index (χ3n) is 2.46. The minimum atomic E-state index is -3.24. The number of alkyl halides is 1. The van der Waals surface area contributed by atoms with Gasteiger partial charge in [-0.25, -0.2) is 13.1 Å². The van der Waals surface area contributed by atoms with Crippen LogP contribution in [-0.2, 0) is 10.0 Å².